The highest BCUT2D eigenvalue weighted by atomic mass is 32.2. The minimum Gasteiger partial charge on any atom is -0.346 e. The van der Waals surface area contributed by atoms with Crippen molar-refractivity contribution in [3.05, 3.63) is 29.8 Å². The van der Waals surface area contributed by atoms with Crippen molar-refractivity contribution in [2.75, 3.05) is 24.3 Å². The molecular weight excluding hydrogens is 260 g/mol. The molecule has 1 aromatic rings. The first-order valence-corrected chi connectivity index (χ1v) is 7.60. The maximum absolute atomic E-state index is 5.47. The summed E-state index contributed by atoms with van der Waals surface area (Å²) in [7, 11) is 0. The molecule has 19 heavy (non-hydrogen) atoms. The van der Waals surface area contributed by atoms with Gasteiger partial charge in [-0.15, -0.1) is 0 Å². The first-order valence-electron chi connectivity index (χ1n) is 6.62. The van der Waals surface area contributed by atoms with E-state index in [0.29, 0.717) is 19.3 Å². The predicted octanol–water partition coefficient (Wildman–Crippen LogP) is 3.03. The van der Waals surface area contributed by atoms with Crippen molar-refractivity contribution in [2.24, 2.45) is 4.99 Å². The van der Waals surface area contributed by atoms with E-state index in [-0.39, 0.29) is 6.29 Å². The number of hydrogen-bond acceptors (Lipinski definition) is 5. The van der Waals surface area contributed by atoms with Gasteiger partial charge in [0.25, 0.3) is 0 Å². The molecule has 1 N–H and O–H groups in total. The summed E-state index contributed by atoms with van der Waals surface area (Å²) in [6, 6.07) is 8.58. The van der Waals surface area contributed by atoms with E-state index in [4.69, 9.17) is 9.47 Å². The van der Waals surface area contributed by atoms with Gasteiger partial charge in [0, 0.05) is 17.0 Å². The van der Waals surface area contributed by atoms with Crippen LogP contribution in [-0.2, 0) is 9.47 Å². The van der Waals surface area contributed by atoms with Crippen LogP contribution < -0.4 is 5.32 Å². The highest BCUT2D eigenvalue weighted by Crippen LogP contribution is 2.25. The zero-order valence-electron chi connectivity index (χ0n) is 11.0. The van der Waals surface area contributed by atoms with Gasteiger partial charge in [-0.05, 0) is 25.5 Å². The molecule has 1 saturated heterocycles. The largest absolute Gasteiger partial charge is 0.346 e. The average Bonchev–Trinajstić information content (AvgIpc) is 2.94. The first-order chi connectivity index (χ1) is 9.31. The summed E-state index contributed by atoms with van der Waals surface area (Å²) in [4.78, 5) is 4.60. The van der Waals surface area contributed by atoms with Gasteiger partial charge in [-0.3, -0.25) is 4.99 Å². The van der Waals surface area contributed by atoms with Crippen LogP contribution in [-0.4, -0.2) is 30.2 Å². The highest BCUT2D eigenvalue weighted by Gasteiger charge is 2.18. The van der Waals surface area contributed by atoms with E-state index >= 15 is 0 Å². The lowest BCUT2D eigenvalue weighted by molar-refractivity contribution is -0.0441. The minimum atomic E-state index is -0.199. The van der Waals surface area contributed by atoms with Gasteiger partial charge in [0.1, 0.15) is 0 Å². The molecule has 4 nitrogen and oxygen atoms in total. The van der Waals surface area contributed by atoms with Gasteiger partial charge in [-0.25, -0.2) is 0 Å². The van der Waals surface area contributed by atoms with Crippen molar-refractivity contribution < 1.29 is 9.47 Å². The van der Waals surface area contributed by atoms with Crippen molar-refractivity contribution in [3.63, 3.8) is 0 Å². The van der Waals surface area contributed by atoms with Gasteiger partial charge in [0.05, 0.1) is 19.3 Å². The van der Waals surface area contributed by atoms with Gasteiger partial charge in [0.2, 0.25) is 0 Å². The molecule has 0 amide bonds. The van der Waals surface area contributed by atoms with E-state index < -0.39 is 0 Å². The van der Waals surface area contributed by atoms with Crippen molar-refractivity contribution in [1.82, 2.24) is 0 Å². The smallest absolute Gasteiger partial charge is 0.184 e. The summed E-state index contributed by atoms with van der Waals surface area (Å²) in [5, 5.41) is 4.37. The summed E-state index contributed by atoms with van der Waals surface area (Å²) >= 11 is 1.78. The Hall–Kier alpha value is -1.04. The SMILES string of the molecule is CC1CCSC(Nc2ccc(C3OCCO3)cc2)=N1. The Morgan fingerprint density at radius 2 is 1.95 bits per heavy atom. The van der Waals surface area contributed by atoms with Crippen LogP contribution in [0.1, 0.15) is 25.2 Å². The molecule has 1 aromatic carbocycles. The molecule has 0 aromatic heterocycles. The highest BCUT2D eigenvalue weighted by molar-refractivity contribution is 8.14. The maximum Gasteiger partial charge on any atom is 0.184 e. The number of amidine groups is 1. The lowest BCUT2D eigenvalue weighted by atomic mass is 10.2. The van der Waals surface area contributed by atoms with Crippen molar-refractivity contribution in [3.8, 4) is 0 Å². The average molecular weight is 278 g/mol. The second kappa shape index (κ2) is 5.94. The summed E-state index contributed by atoms with van der Waals surface area (Å²) in [5.41, 5.74) is 2.12. The molecule has 0 saturated carbocycles. The number of anilines is 1. The van der Waals surface area contributed by atoms with Crippen LogP contribution >= 0.6 is 11.8 Å². The van der Waals surface area contributed by atoms with Crippen LogP contribution in [0.2, 0.25) is 0 Å². The Bertz CT molecular complexity index is 455. The van der Waals surface area contributed by atoms with Gasteiger partial charge in [0.15, 0.2) is 11.5 Å². The van der Waals surface area contributed by atoms with E-state index in [0.717, 1.165) is 28.6 Å². The van der Waals surface area contributed by atoms with Gasteiger partial charge in [-0.2, -0.15) is 0 Å². The van der Waals surface area contributed by atoms with Crippen LogP contribution in [0.4, 0.5) is 5.69 Å². The van der Waals surface area contributed by atoms with Gasteiger partial charge < -0.3 is 14.8 Å². The fourth-order valence-corrected chi connectivity index (χ4v) is 3.19. The lowest BCUT2D eigenvalue weighted by Gasteiger charge is -2.18. The molecule has 1 atom stereocenters. The standard InChI is InChI=1S/C14H18N2O2S/c1-10-6-9-19-14(15-10)16-12-4-2-11(3-5-12)13-17-7-8-18-13/h2-5,10,13H,6-9H2,1H3,(H,15,16). The number of nitrogens with one attached hydrogen (secondary N) is 1. The van der Waals surface area contributed by atoms with Crippen LogP contribution in [0.15, 0.2) is 29.3 Å². The third-order valence-electron chi connectivity index (χ3n) is 3.17. The normalized spacial score (nSPS) is 24.3. The van der Waals surface area contributed by atoms with E-state index in [9.17, 15) is 0 Å². The van der Waals surface area contributed by atoms with Crippen LogP contribution in [0.3, 0.4) is 0 Å². The lowest BCUT2D eigenvalue weighted by Crippen LogP contribution is -2.17. The number of rotatable bonds is 2. The molecular formula is C14H18N2O2S. The molecule has 102 valence electrons. The quantitative estimate of drug-likeness (QED) is 0.903. The Morgan fingerprint density at radius 1 is 1.21 bits per heavy atom. The third kappa shape index (κ3) is 3.29. The molecule has 0 bridgehead atoms. The van der Waals surface area contributed by atoms with E-state index in [1.165, 1.54) is 0 Å². The third-order valence-corrected chi connectivity index (χ3v) is 4.09. The van der Waals surface area contributed by atoms with Crippen LogP contribution in [0, 0.1) is 0 Å². The molecule has 5 heteroatoms. The Labute approximate surface area is 117 Å². The van der Waals surface area contributed by atoms with Crippen LogP contribution in [0.5, 0.6) is 0 Å². The number of benzene rings is 1. The number of aliphatic imine (C=N–C) groups is 1. The fraction of sp³-hybridized carbons (Fsp3) is 0.500. The summed E-state index contributed by atoms with van der Waals surface area (Å²) < 4.78 is 10.9. The summed E-state index contributed by atoms with van der Waals surface area (Å²) in [6.07, 6.45) is 0.959. The molecule has 2 heterocycles. The minimum absolute atomic E-state index is 0.199. The Balaban J connectivity index is 1.65. The molecule has 1 fully saturated rings. The van der Waals surface area contributed by atoms with E-state index in [1.807, 2.05) is 24.3 Å². The number of nitrogens with zero attached hydrogens (tertiary/aromatic N) is 1. The number of thioether (sulfide) groups is 1. The topological polar surface area (TPSA) is 42.8 Å². The second-order valence-corrected chi connectivity index (χ2v) is 5.82. The molecule has 1 unspecified atom stereocenters. The van der Waals surface area contributed by atoms with Crippen molar-refractivity contribution in [2.45, 2.75) is 25.7 Å². The van der Waals surface area contributed by atoms with Crippen LogP contribution in [0.25, 0.3) is 0 Å². The molecule has 0 spiro atoms. The molecule has 2 aliphatic heterocycles. The summed E-state index contributed by atoms with van der Waals surface area (Å²) in [5.74, 6) is 1.13. The van der Waals surface area contributed by atoms with Crippen molar-refractivity contribution in [1.29, 1.82) is 0 Å². The van der Waals surface area contributed by atoms with Gasteiger partial charge in [-0.1, -0.05) is 23.9 Å². The first kappa shape index (κ1) is 13.0. The second-order valence-electron chi connectivity index (χ2n) is 4.74. The monoisotopic (exact) mass is 278 g/mol. The molecule has 0 radical (unpaired) electrons. The number of ether oxygens (including phenoxy) is 2. The zero-order chi connectivity index (χ0) is 13.1. The maximum atomic E-state index is 5.47. The van der Waals surface area contributed by atoms with Crippen molar-refractivity contribution >= 4 is 22.6 Å². The van der Waals surface area contributed by atoms with E-state index in [1.54, 1.807) is 11.8 Å². The fourth-order valence-electron chi connectivity index (χ4n) is 2.09. The Kier molecular flexibility index (Phi) is 4.06. The molecule has 2 aliphatic rings. The molecule has 0 aliphatic carbocycles. The predicted molar refractivity (Wildman–Crippen MR) is 78.7 cm³/mol. The Morgan fingerprint density at radius 3 is 2.63 bits per heavy atom. The van der Waals surface area contributed by atoms with Gasteiger partial charge >= 0.3 is 0 Å². The molecule has 3 rings (SSSR count). The van der Waals surface area contributed by atoms with E-state index in [2.05, 4.69) is 17.2 Å². The zero-order valence-corrected chi connectivity index (χ0v) is 11.8. The summed E-state index contributed by atoms with van der Waals surface area (Å²) in [6.45, 7) is 3.51. The number of hydrogen-bond donors (Lipinski definition) is 1.